The first kappa shape index (κ1) is 27.4. The molecular formula is C22H29F2IN4O3. The number of ether oxygens (including phenoxy) is 2. The zero-order chi connectivity index (χ0) is 22.6. The Morgan fingerprint density at radius 1 is 1.06 bits per heavy atom. The third-order valence-electron chi connectivity index (χ3n) is 4.28. The normalized spacial score (nSPS) is 10.7. The first-order chi connectivity index (χ1) is 14.9. The topological polar surface area (TPSA) is 75.2 Å². The summed E-state index contributed by atoms with van der Waals surface area (Å²) in [4.78, 5) is 17.6. The van der Waals surface area contributed by atoms with E-state index in [0.29, 0.717) is 19.0 Å². The zero-order valence-corrected chi connectivity index (χ0v) is 20.7. The highest BCUT2D eigenvalue weighted by Crippen LogP contribution is 2.17. The molecule has 2 aromatic carbocycles. The molecule has 0 radical (unpaired) electrons. The third-order valence-corrected chi connectivity index (χ3v) is 4.28. The number of guanidine groups is 1. The van der Waals surface area contributed by atoms with Gasteiger partial charge < -0.3 is 25.0 Å². The van der Waals surface area contributed by atoms with Crippen molar-refractivity contribution in [3.05, 3.63) is 59.7 Å². The number of amides is 1. The van der Waals surface area contributed by atoms with Crippen LogP contribution in [0.15, 0.2) is 47.5 Å². The first-order valence-electron chi connectivity index (χ1n) is 9.82. The standard InChI is InChI=1S/C22H28F2N4O3.HI/c1-28(2)21(29)15-27-22(25-11-10-16-4-7-18(30-3)8-5-16)26-12-13-31-20-9-6-17(23)14-19(20)24;/h4-9,14H,10-13,15H2,1-3H3,(H2,25,26,27);1H. The molecule has 0 atom stereocenters. The van der Waals surface area contributed by atoms with E-state index in [4.69, 9.17) is 9.47 Å². The van der Waals surface area contributed by atoms with Crippen LogP contribution < -0.4 is 20.1 Å². The van der Waals surface area contributed by atoms with E-state index >= 15 is 0 Å². The number of halogens is 3. The molecule has 32 heavy (non-hydrogen) atoms. The van der Waals surface area contributed by atoms with Crippen molar-refractivity contribution >= 4 is 35.8 Å². The summed E-state index contributed by atoms with van der Waals surface area (Å²) in [5.41, 5.74) is 1.12. The summed E-state index contributed by atoms with van der Waals surface area (Å²) in [5, 5.41) is 6.21. The highest BCUT2D eigenvalue weighted by Gasteiger charge is 2.07. The molecule has 1 amide bonds. The number of rotatable bonds is 10. The van der Waals surface area contributed by atoms with E-state index in [1.54, 1.807) is 21.2 Å². The number of carbonyl (C=O) groups is 1. The Bertz CT molecular complexity index is 880. The molecule has 2 N–H and O–H groups in total. The fourth-order valence-corrected chi connectivity index (χ4v) is 2.50. The van der Waals surface area contributed by atoms with Gasteiger partial charge in [-0.3, -0.25) is 4.79 Å². The summed E-state index contributed by atoms with van der Waals surface area (Å²) >= 11 is 0. The van der Waals surface area contributed by atoms with Gasteiger partial charge in [0.05, 0.1) is 13.7 Å². The largest absolute Gasteiger partial charge is 0.497 e. The minimum absolute atomic E-state index is 0. The van der Waals surface area contributed by atoms with E-state index in [1.165, 1.54) is 11.0 Å². The Balaban J connectivity index is 0.00000512. The SMILES string of the molecule is COc1ccc(CCNC(=NCC(=O)N(C)C)NCCOc2ccc(F)cc2F)cc1.I. The molecule has 176 valence electrons. The van der Waals surface area contributed by atoms with Crippen molar-refractivity contribution < 1.29 is 23.0 Å². The van der Waals surface area contributed by atoms with Crippen LogP contribution in [0.2, 0.25) is 0 Å². The number of carbonyl (C=O) groups excluding carboxylic acids is 1. The van der Waals surface area contributed by atoms with Crippen molar-refractivity contribution in [2.75, 3.05) is 47.4 Å². The fraction of sp³-hybridized carbons (Fsp3) is 0.364. The minimum atomic E-state index is -0.761. The van der Waals surface area contributed by atoms with Crippen LogP contribution in [0.4, 0.5) is 8.78 Å². The predicted molar refractivity (Wildman–Crippen MR) is 131 cm³/mol. The molecule has 0 fully saturated rings. The number of benzene rings is 2. The Hall–Kier alpha value is -2.63. The molecule has 0 bridgehead atoms. The lowest BCUT2D eigenvalue weighted by molar-refractivity contribution is -0.127. The molecule has 0 unspecified atom stereocenters. The number of hydrogen-bond donors (Lipinski definition) is 2. The smallest absolute Gasteiger partial charge is 0.243 e. The van der Waals surface area contributed by atoms with Crippen LogP contribution in [0.25, 0.3) is 0 Å². The fourth-order valence-electron chi connectivity index (χ4n) is 2.50. The predicted octanol–water partition coefficient (Wildman–Crippen LogP) is 2.84. The van der Waals surface area contributed by atoms with E-state index in [9.17, 15) is 13.6 Å². The Morgan fingerprint density at radius 3 is 2.38 bits per heavy atom. The monoisotopic (exact) mass is 562 g/mol. The second-order valence-electron chi connectivity index (χ2n) is 6.83. The van der Waals surface area contributed by atoms with Crippen LogP contribution in [0.3, 0.4) is 0 Å². The molecule has 10 heteroatoms. The maximum atomic E-state index is 13.6. The number of hydrogen-bond acceptors (Lipinski definition) is 4. The van der Waals surface area contributed by atoms with E-state index < -0.39 is 11.6 Å². The highest BCUT2D eigenvalue weighted by molar-refractivity contribution is 14.0. The third kappa shape index (κ3) is 9.67. The summed E-state index contributed by atoms with van der Waals surface area (Å²) in [6.45, 7) is 1.00. The molecule has 0 aliphatic heterocycles. The van der Waals surface area contributed by atoms with Gasteiger partial charge in [-0.25, -0.2) is 13.8 Å². The number of nitrogens with one attached hydrogen (secondary N) is 2. The second-order valence-corrected chi connectivity index (χ2v) is 6.83. The average Bonchev–Trinajstić information content (AvgIpc) is 2.75. The van der Waals surface area contributed by atoms with E-state index in [2.05, 4.69) is 15.6 Å². The molecule has 0 aliphatic carbocycles. The summed E-state index contributed by atoms with van der Waals surface area (Å²) < 4.78 is 37.1. The number of nitrogens with zero attached hydrogens (tertiary/aromatic N) is 2. The number of likely N-dealkylation sites (N-methyl/N-ethyl adjacent to an activating group) is 1. The Labute approximate surface area is 204 Å². The van der Waals surface area contributed by atoms with Crippen molar-refractivity contribution in [2.24, 2.45) is 4.99 Å². The molecule has 0 aliphatic rings. The Kier molecular flexibility index (Phi) is 12.4. The summed E-state index contributed by atoms with van der Waals surface area (Å²) in [7, 11) is 4.94. The lowest BCUT2D eigenvalue weighted by atomic mass is 10.1. The van der Waals surface area contributed by atoms with Crippen LogP contribution in [0, 0.1) is 11.6 Å². The minimum Gasteiger partial charge on any atom is -0.497 e. The van der Waals surface area contributed by atoms with Gasteiger partial charge in [-0.1, -0.05) is 12.1 Å². The van der Waals surface area contributed by atoms with Gasteiger partial charge in [0, 0.05) is 26.7 Å². The van der Waals surface area contributed by atoms with Crippen molar-refractivity contribution in [1.29, 1.82) is 0 Å². The van der Waals surface area contributed by atoms with Crippen LogP contribution >= 0.6 is 24.0 Å². The quantitative estimate of drug-likeness (QED) is 0.202. The van der Waals surface area contributed by atoms with Gasteiger partial charge in [-0.15, -0.1) is 24.0 Å². The van der Waals surface area contributed by atoms with E-state index in [-0.39, 0.29) is 48.8 Å². The lowest BCUT2D eigenvalue weighted by Gasteiger charge is -2.14. The van der Waals surface area contributed by atoms with Crippen molar-refractivity contribution in [2.45, 2.75) is 6.42 Å². The zero-order valence-electron chi connectivity index (χ0n) is 18.4. The van der Waals surface area contributed by atoms with Crippen LogP contribution in [0.1, 0.15) is 5.56 Å². The Morgan fingerprint density at radius 2 is 1.75 bits per heavy atom. The summed E-state index contributed by atoms with van der Waals surface area (Å²) in [6.07, 6.45) is 0.740. The maximum Gasteiger partial charge on any atom is 0.243 e. The number of methoxy groups -OCH3 is 1. The van der Waals surface area contributed by atoms with Crippen molar-refractivity contribution in [3.63, 3.8) is 0 Å². The lowest BCUT2D eigenvalue weighted by Crippen LogP contribution is -2.41. The van der Waals surface area contributed by atoms with E-state index in [1.807, 2.05) is 24.3 Å². The van der Waals surface area contributed by atoms with Crippen LogP contribution in [-0.2, 0) is 11.2 Å². The van der Waals surface area contributed by atoms with Gasteiger partial charge in [0.15, 0.2) is 17.5 Å². The van der Waals surface area contributed by atoms with Gasteiger partial charge in [0.25, 0.3) is 0 Å². The summed E-state index contributed by atoms with van der Waals surface area (Å²) in [5.74, 6) is -0.364. The molecule has 0 saturated heterocycles. The molecule has 7 nitrogen and oxygen atoms in total. The van der Waals surface area contributed by atoms with Crippen molar-refractivity contribution in [1.82, 2.24) is 15.5 Å². The van der Waals surface area contributed by atoms with Crippen LogP contribution in [0.5, 0.6) is 11.5 Å². The molecule has 0 saturated carbocycles. The molecule has 0 aromatic heterocycles. The highest BCUT2D eigenvalue weighted by atomic mass is 127. The van der Waals surface area contributed by atoms with Gasteiger partial charge in [-0.05, 0) is 36.2 Å². The average molecular weight is 562 g/mol. The first-order valence-corrected chi connectivity index (χ1v) is 9.82. The van der Waals surface area contributed by atoms with E-state index in [0.717, 1.165) is 29.9 Å². The van der Waals surface area contributed by atoms with Crippen molar-refractivity contribution in [3.8, 4) is 11.5 Å². The second kappa shape index (κ2) is 14.4. The van der Waals surface area contributed by atoms with Gasteiger partial charge >= 0.3 is 0 Å². The molecule has 0 heterocycles. The van der Waals surface area contributed by atoms with Gasteiger partial charge in [0.1, 0.15) is 24.7 Å². The maximum absolute atomic E-state index is 13.6. The number of aliphatic imine (C=N–C) groups is 1. The van der Waals surface area contributed by atoms with Gasteiger partial charge in [-0.2, -0.15) is 0 Å². The molecule has 2 aromatic rings. The molecular weight excluding hydrogens is 533 g/mol. The summed E-state index contributed by atoms with van der Waals surface area (Å²) in [6, 6.07) is 10.9. The molecule has 0 spiro atoms. The molecule has 2 rings (SSSR count). The van der Waals surface area contributed by atoms with Gasteiger partial charge in [0.2, 0.25) is 5.91 Å². The van der Waals surface area contributed by atoms with Crippen LogP contribution in [-0.4, -0.2) is 64.2 Å².